The lowest BCUT2D eigenvalue weighted by Gasteiger charge is -1.87. The van der Waals surface area contributed by atoms with Crippen molar-refractivity contribution in [3.05, 3.63) is 0 Å². The Hall–Kier alpha value is 0.225. The zero-order valence-electron chi connectivity index (χ0n) is 3.33. The second-order valence-corrected chi connectivity index (χ2v) is 3.95. The molecule has 4 heteroatoms. The molecule has 0 spiro atoms. The highest BCUT2D eigenvalue weighted by atomic mass is 31.2. The Bertz CT molecular complexity index is 57.8. The zero-order valence-corrected chi connectivity index (χ0v) is 4.22. The first-order valence-electron chi connectivity index (χ1n) is 1.29. The van der Waals surface area contributed by atoms with Gasteiger partial charge in [-0.1, -0.05) is 0 Å². The molecule has 0 aromatic heterocycles. The van der Waals surface area contributed by atoms with E-state index in [2.05, 4.69) is 0 Å². The maximum atomic E-state index is 11.5. The molecule has 0 aliphatic heterocycles. The summed E-state index contributed by atoms with van der Waals surface area (Å²) in [6.07, 6.45) is 0. The second kappa shape index (κ2) is 1.13. The molecule has 0 saturated carbocycles. The summed E-state index contributed by atoms with van der Waals surface area (Å²) in [4.78, 5) is 0. The molecular formula is CH6BFNP. The number of nitrogens with one attached hydrogen (secondary N) is 1. The summed E-state index contributed by atoms with van der Waals surface area (Å²) in [5.74, 6) is 0. The van der Waals surface area contributed by atoms with Gasteiger partial charge < -0.3 is 0 Å². The molecule has 1 nitrogen and oxygen atoms in total. The number of rotatable bonds is 0. The number of hydrogen-bond acceptors (Lipinski definition) is 1. The number of halogens is 1. The third-order valence-corrected chi connectivity index (χ3v) is 0. The summed E-state index contributed by atoms with van der Waals surface area (Å²) >= 11 is 0. The molecule has 0 amide bonds. The van der Waals surface area contributed by atoms with Crippen LogP contribution in [0.15, 0.2) is 0 Å². The van der Waals surface area contributed by atoms with Crippen LogP contribution in [0.1, 0.15) is 0 Å². The lowest BCUT2D eigenvalue weighted by atomic mass is 10.8. The van der Waals surface area contributed by atoms with Crippen molar-refractivity contribution in [3.8, 4) is 0 Å². The van der Waals surface area contributed by atoms with Gasteiger partial charge in [-0.05, 0) is 6.66 Å². The molecule has 1 unspecified atom stereocenters. The monoisotopic (exact) mass is 93.0 g/mol. The first-order chi connectivity index (χ1) is 2.00. The fraction of sp³-hybridized carbons (Fsp3) is 1.00. The lowest BCUT2D eigenvalue weighted by Crippen LogP contribution is -1.55. The quantitative estimate of drug-likeness (QED) is 0.338. The van der Waals surface area contributed by atoms with E-state index < -0.39 is 7.24 Å². The SMILES string of the molecule is BP(C)(=N)F. The molecule has 0 saturated heterocycles. The standard InChI is InChI=1S/CH6BFNP/c1-5(2,3)4/h4H,2H2,1H3. The minimum Gasteiger partial charge on any atom is -0.297 e. The second-order valence-electron chi connectivity index (χ2n) is 1.32. The van der Waals surface area contributed by atoms with Crippen molar-refractivity contribution in [3.63, 3.8) is 0 Å². The average molecular weight is 92.9 g/mol. The van der Waals surface area contributed by atoms with Crippen LogP contribution in [0.5, 0.6) is 0 Å². The van der Waals surface area contributed by atoms with Crippen LogP contribution in [-0.4, -0.2) is 14.2 Å². The van der Waals surface area contributed by atoms with E-state index in [1.165, 1.54) is 14.2 Å². The molecule has 0 radical (unpaired) electrons. The Morgan fingerprint density at radius 2 is 2.00 bits per heavy atom. The van der Waals surface area contributed by atoms with Crippen molar-refractivity contribution in [1.29, 1.82) is 5.16 Å². The van der Waals surface area contributed by atoms with Crippen LogP contribution in [0, 0.1) is 5.16 Å². The van der Waals surface area contributed by atoms with Gasteiger partial charge in [-0.25, -0.2) is 4.20 Å². The van der Waals surface area contributed by atoms with Crippen LogP contribution in [0.4, 0.5) is 4.20 Å². The summed E-state index contributed by atoms with van der Waals surface area (Å²) in [6, 6.07) is 0. The lowest BCUT2D eigenvalue weighted by molar-refractivity contribution is 0.896. The maximum Gasteiger partial charge on any atom is 0.195 e. The van der Waals surface area contributed by atoms with Crippen LogP contribution in [0.3, 0.4) is 0 Å². The van der Waals surface area contributed by atoms with E-state index in [4.69, 9.17) is 5.16 Å². The number of hydrogen-bond donors (Lipinski definition) is 1. The fourth-order valence-electron chi connectivity index (χ4n) is 0. The highest BCUT2D eigenvalue weighted by Crippen LogP contribution is 2.36. The van der Waals surface area contributed by atoms with Gasteiger partial charge in [0.2, 0.25) is 0 Å². The molecule has 0 heterocycles. The van der Waals surface area contributed by atoms with Gasteiger partial charge in [-0.2, -0.15) is 0 Å². The van der Waals surface area contributed by atoms with Gasteiger partial charge in [0.05, 0.1) is 7.24 Å². The van der Waals surface area contributed by atoms with Gasteiger partial charge in [0.1, 0.15) is 0 Å². The highest BCUT2D eigenvalue weighted by Gasteiger charge is 1.90. The Labute approximate surface area is 31.9 Å². The molecule has 0 aromatic rings. The minimum absolute atomic E-state index is 1.30. The normalized spacial score (nSPS) is 21.2. The Morgan fingerprint density at radius 3 is 2.00 bits per heavy atom. The largest absolute Gasteiger partial charge is 0.297 e. The van der Waals surface area contributed by atoms with Crippen molar-refractivity contribution in [2.45, 2.75) is 0 Å². The average Bonchev–Trinajstić information content (AvgIpc) is 0.722. The summed E-state index contributed by atoms with van der Waals surface area (Å²) in [7, 11) is -1.34. The van der Waals surface area contributed by atoms with E-state index in [1.807, 2.05) is 0 Å². The van der Waals surface area contributed by atoms with E-state index in [-0.39, 0.29) is 0 Å². The molecule has 0 rings (SSSR count). The molecule has 1 N–H and O–H groups in total. The third kappa shape index (κ3) is 413. The topological polar surface area (TPSA) is 23.9 Å². The van der Waals surface area contributed by atoms with Gasteiger partial charge >= 0.3 is 0 Å². The molecule has 0 fully saturated rings. The van der Waals surface area contributed by atoms with E-state index >= 15 is 0 Å². The van der Waals surface area contributed by atoms with Gasteiger partial charge in [0.25, 0.3) is 0 Å². The van der Waals surface area contributed by atoms with Gasteiger partial charge in [-0.3, -0.25) is 5.16 Å². The Morgan fingerprint density at radius 1 is 2.00 bits per heavy atom. The summed E-state index contributed by atoms with van der Waals surface area (Å²) in [6.45, 7) is 1.30. The first kappa shape index (κ1) is 5.22. The van der Waals surface area contributed by atoms with Gasteiger partial charge in [-0.15, -0.1) is 0 Å². The maximum absolute atomic E-state index is 11.5. The van der Waals surface area contributed by atoms with E-state index in [0.29, 0.717) is 0 Å². The van der Waals surface area contributed by atoms with Crippen LogP contribution in [-0.2, 0) is 0 Å². The highest BCUT2D eigenvalue weighted by molar-refractivity contribution is 7.83. The molecule has 30 valence electrons. The van der Waals surface area contributed by atoms with E-state index in [0.717, 1.165) is 0 Å². The smallest absolute Gasteiger partial charge is 0.195 e. The molecule has 0 aliphatic carbocycles. The zero-order chi connectivity index (χ0) is 4.50. The predicted molar refractivity (Wildman–Crippen MR) is 25.2 cm³/mol. The van der Waals surface area contributed by atoms with Crippen molar-refractivity contribution >= 4 is 14.8 Å². The van der Waals surface area contributed by atoms with Crippen LogP contribution >= 0.6 is 7.24 Å². The summed E-state index contributed by atoms with van der Waals surface area (Å²) < 4.78 is 11.5. The van der Waals surface area contributed by atoms with Crippen LogP contribution in [0.25, 0.3) is 0 Å². The summed E-state index contributed by atoms with van der Waals surface area (Å²) in [5.41, 5.74) is 0. The van der Waals surface area contributed by atoms with Crippen LogP contribution in [0.2, 0.25) is 0 Å². The van der Waals surface area contributed by atoms with E-state index in [9.17, 15) is 4.20 Å². The van der Waals surface area contributed by atoms with Crippen molar-refractivity contribution < 1.29 is 4.20 Å². The summed E-state index contributed by atoms with van der Waals surface area (Å²) in [5, 5.41) is 6.38. The molecule has 0 aromatic carbocycles. The Kier molecular flexibility index (Phi) is 1.18. The predicted octanol–water partition coefficient (Wildman–Crippen LogP) is 0.829. The molecular weight excluding hydrogens is 86.8 g/mol. The minimum atomic E-state index is -2.64. The molecule has 5 heavy (non-hydrogen) atoms. The Balaban J connectivity index is 3.47. The molecule has 1 atom stereocenters. The fourth-order valence-corrected chi connectivity index (χ4v) is 0. The van der Waals surface area contributed by atoms with E-state index in [1.54, 1.807) is 0 Å². The third-order valence-electron chi connectivity index (χ3n) is 0. The van der Waals surface area contributed by atoms with Gasteiger partial charge in [0.15, 0.2) is 7.57 Å². The molecule has 0 bridgehead atoms. The van der Waals surface area contributed by atoms with Crippen molar-refractivity contribution in [1.82, 2.24) is 0 Å². The van der Waals surface area contributed by atoms with Crippen LogP contribution < -0.4 is 0 Å². The first-order valence-corrected chi connectivity index (χ1v) is 3.86. The van der Waals surface area contributed by atoms with Gasteiger partial charge in [0, 0.05) is 0 Å². The van der Waals surface area contributed by atoms with Crippen molar-refractivity contribution in [2.75, 3.05) is 6.66 Å². The van der Waals surface area contributed by atoms with Crippen molar-refractivity contribution in [2.24, 2.45) is 0 Å². The molecule has 0 aliphatic rings.